The molecule has 1 aromatic rings. The number of hydrogen-bond acceptors (Lipinski definition) is 2. The highest BCUT2D eigenvalue weighted by Crippen LogP contribution is 2.31. The van der Waals surface area contributed by atoms with Crippen molar-refractivity contribution < 1.29 is 0 Å². The van der Waals surface area contributed by atoms with Crippen molar-refractivity contribution in [3.8, 4) is 0 Å². The van der Waals surface area contributed by atoms with Crippen molar-refractivity contribution in [3.05, 3.63) is 29.3 Å². The fourth-order valence-electron chi connectivity index (χ4n) is 3.18. The molecule has 0 aliphatic carbocycles. The monoisotopic (exact) mass is 230 g/mol. The molecule has 0 spiro atoms. The second-order valence-electron chi connectivity index (χ2n) is 5.35. The molecule has 2 heteroatoms. The van der Waals surface area contributed by atoms with Crippen LogP contribution in [-0.2, 0) is 13.0 Å². The van der Waals surface area contributed by atoms with Crippen LogP contribution in [-0.4, -0.2) is 19.6 Å². The Labute approximate surface area is 104 Å². The molecule has 1 saturated heterocycles. The second kappa shape index (κ2) is 4.69. The van der Waals surface area contributed by atoms with Gasteiger partial charge in [0.25, 0.3) is 0 Å². The molecular formula is C15H22N2. The molecule has 2 aliphatic heterocycles. The average molecular weight is 230 g/mol. The molecule has 0 radical (unpaired) electrons. The summed E-state index contributed by atoms with van der Waals surface area (Å²) in [6, 6.07) is 6.84. The van der Waals surface area contributed by atoms with Crippen molar-refractivity contribution in [1.29, 1.82) is 0 Å². The molecule has 0 bridgehead atoms. The van der Waals surface area contributed by atoms with Crippen LogP contribution in [0.4, 0.5) is 5.69 Å². The third-order valence-corrected chi connectivity index (χ3v) is 4.33. The maximum Gasteiger partial charge on any atom is 0.0414 e. The molecule has 0 amide bonds. The smallest absolute Gasteiger partial charge is 0.0414 e. The van der Waals surface area contributed by atoms with Gasteiger partial charge in [-0.05, 0) is 42.5 Å². The Kier molecular flexibility index (Phi) is 3.06. The summed E-state index contributed by atoms with van der Waals surface area (Å²) < 4.78 is 0. The number of nitrogens with one attached hydrogen (secondary N) is 1. The molecule has 1 atom stereocenters. The first kappa shape index (κ1) is 11.1. The standard InChI is InChI=1S/C15H22N2/c1-2-12-7-9-17(11-12)15-5-3-4-13-6-8-16-10-14(13)15/h3-5,12,16H,2,6-11H2,1H3. The van der Waals surface area contributed by atoms with Crippen molar-refractivity contribution in [1.82, 2.24) is 5.32 Å². The molecule has 17 heavy (non-hydrogen) atoms. The Hall–Kier alpha value is -1.02. The number of fused-ring (bicyclic) bond motifs is 1. The van der Waals surface area contributed by atoms with Gasteiger partial charge in [-0.15, -0.1) is 0 Å². The van der Waals surface area contributed by atoms with Crippen LogP contribution in [0.5, 0.6) is 0 Å². The molecule has 2 heterocycles. The zero-order chi connectivity index (χ0) is 11.7. The summed E-state index contributed by atoms with van der Waals surface area (Å²) in [5.74, 6) is 0.905. The Morgan fingerprint density at radius 2 is 2.35 bits per heavy atom. The van der Waals surface area contributed by atoms with Crippen molar-refractivity contribution in [2.24, 2.45) is 5.92 Å². The van der Waals surface area contributed by atoms with Gasteiger partial charge in [0.1, 0.15) is 0 Å². The molecule has 3 rings (SSSR count). The van der Waals surface area contributed by atoms with Gasteiger partial charge in [-0.1, -0.05) is 25.5 Å². The lowest BCUT2D eigenvalue weighted by molar-refractivity contribution is 0.568. The topological polar surface area (TPSA) is 15.3 Å². The summed E-state index contributed by atoms with van der Waals surface area (Å²) in [4.78, 5) is 2.60. The minimum absolute atomic E-state index is 0.905. The summed E-state index contributed by atoms with van der Waals surface area (Å²) in [6.07, 6.45) is 3.88. The molecule has 2 nitrogen and oxygen atoms in total. The van der Waals surface area contributed by atoms with E-state index >= 15 is 0 Å². The van der Waals surface area contributed by atoms with Gasteiger partial charge in [-0.2, -0.15) is 0 Å². The predicted octanol–water partition coefficient (Wildman–Crippen LogP) is 2.57. The van der Waals surface area contributed by atoms with Crippen LogP contribution >= 0.6 is 0 Å². The molecule has 1 fully saturated rings. The molecule has 0 aromatic heterocycles. The van der Waals surface area contributed by atoms with E-state index in [-0.39, 0.29) is 0 Å². The van der Waals surface area contributed by atoms with Gasteiger partial charge >= 0.3 is 0 Å². The van der Waals surface area contributed by atoms with Crippen molar-refractivity contribution in [2.45, 2.75) is 32.7 Å². The van der Waals surface area contributed by atoms with Crippen molar-refractivity contribution >= 4 is 5.69 Å². The van der Waals surface area contributed by atoms with Gasteiger partial charge in [0.05, 0.1) is 0 Å². The van der Waals surface area contributed by atoms with E-state index in [2.05, 4.69) is 35.3 Å². The molecule has 0 saturated carbocycles. The molecule has 1 unspecified atom stereocenters. The lowest BCUT2D eigenvalue weighted by Gasteiger charge is -2.26. The summed E-state index contributed by atoms with van der Waals surface area (Å²) in [5.41, 5.74) is 4.60. The van der Waals surface area contributed by atoms with Gasteiger partial charge in [-0.3, -0.25) is 0 Å². The van der Waals surface area contributed by atoms with E-state index in [1.165, 1.54) is 38.0 Å². The normalized spacial score (nSPS) is 23.8. The van der Waals surface area contributed by atoms with Gasteiger partial charge < -0.3 is 10.2 Å². The number of nitrogens with zero attached hydrogens (tertiary/aromatic N) is 1. The maximum absolute atomic E-state index is 3.50. The molecule has 1 aromatic carbocycles. The summed E-state index contributed by atoms with van der Waals surface area (Å²) in [5, 5.41) is 3.50. The minimum Gasteiger partial charge on any atom is -0.371 e. The van der Waals surface area contributed by atoms with Crippen LogP contribution in [0.25, 0.3) is 0 Å². The highest BCUT2D eigenvalue weighted by atomic mass is 15.2. The summed E-state index contributed by atoms with van der Waals surface area (Å²) in [7, 11) is 0. The fourth-order valence-corrected chi connectivity index (χ4v) is 3.18. The number of rotatable bonds is 2. The fraction of sp³-hybridized carbons (Fsp3) is 0.600. The van der Waals surface area contributed by atoms with Crippen LogP contribution in [0.1, 0.15) is 30.9 Å². The maximum atomic E-state index is 3.50. The Balaban J connectivity index is 1.88. The van der Waals surface area contributed by atoms with Crippen LogP contribution in [0.3, 0.4) is 0 Å². The van der Waals surface area contributed by atoms with Crippen LogP contribution in [0, 0.1) is 5.92 Å². The lowest BCUT2D eigenvalue weighted by Crippen LogP contribution is -2.28. The van der Waals surface area contributed by atoms with E-state index in [9.17, 15) is 0 Å². The SMILES string of the molecule is CCC1CCN(c2cccc3c2CNCC3)C1. The molecular weight excluding hydrogens is 208 g/mol. The van der Waals surface area contributed by atoms with Crippen LogP contribution in [0.15, 0.2) is 18.2 Å². The van der Waals surface area contributed by atoms with E-state index < -0.39 is 0 Å². The first-order valence-corrected chi connectivity index (χ1v) is 6.95. The minimum atomic E-state index is 0.905. The number of hydrogen-bond donors (Lipinski definition) is 1. The second-order valence-corrected chi connectivity index (χ2v) is 5.35. The Morgan fingerprint density at radius 1 is 1.41 bits per heavy atom. The van der Waals surface area contributed by atoms with Gasteiger partial charge in [0.2, 0.25) is 0 Å². The average Bonchev–Trinajstić information content (AvgIpc) is 2.87. The van der Waals surface area contributed by atoms with E-state index in [1.54, 1.807) is 11.1 Å². The van der Waals surface area contributed by atoms with E-state index in [4.69, 9.17) is 0 Å². The lowest BCUT2D eigenvalue weighted by atomic mass is 9.98. The van der Waals surface area contributed by atoms with E-state index in [0.717, 1.165) is 19.0 Å². The zero-order valence-electron chi connectivity index (χ0n) is 10.7. The highest BCUT2D eigenvalue weighted by Gasteiger charge is 2.24. The van der Waals surface area contributed by atoms with Crippen molar-refractivity contribution in [3.63, 3.8) is 0 Å². The molecule has 1 N–H and O–H groups in total. The van der Waals surface area contributed by atoms with Gasteiger partial charge in [-0.25, -0.2) is 0 Å². The van der Waals surface area contributed by atoms with Crippen LogP contribution in [0.2, 0.25) is 0 Å². The largest absolute Gasteiger partial charge is 0.371 e. The Morgan fingerprint density at radius 3 is 3.18 bits per heavy atom. The first-order chi connectivity index (χ1) is 8.38. The van der Waals surface area contributed by atoms with Gasteiger partial charge in [0.15, 0.2) is 0 Å². The van der Waals surface area contributed by atoms with Crippen molar-refractivity contribution in [2.75, 3.05) is 24.5 Å². The van der Waals surface area contributed by atoms with E-state index in [1.807, 2.05) is 0 Å². The molecule has 92 valence electrons. The van der Waals surface area contributed by atoms with E-state index in [0.29, 0.717) is 0 Å². The van der Waals surface area contributed by atoms with Crippen LogP contribution < -0.4 is 10.2 Å². The number of anilines is 1. The quantitative estimate of drug-likeness (QED) is 0.840. The summed E-state index contributed by atoms with van der Waals surface area (Å²) >= 11 is 0. The third kappa shape index (κ3) is 2.06. The first-order valence-electron chi connectivity index (χ1n) is 6.95. The number of benzene rings is 1. The summed E-state index contributed by atoms with van der Waals surface area (Å²) in [6.45, 7) is 7.00. The van der Waals surface area contributed by atoms with Gasteiger partial charge in [0, 0.05) is 25.3 Å². The predicted molar refractivity (Wildman–Crippen MR) is 72.5 cm³/mol. The zero-order valence-corrected chi connectivity index (χ0v) is 10.7. The Bertz CT molecular complexity index is 400. The molecule has 2 aliphatic rings. The third-order valence-electron chi connectivity index (χ3n) is 4.33. The highest BCUT2D eigenvalue weighted by molar-refractivity contribution is 5.58.